The molecule has 0 amide bonds. The zero-order valence-corrected chi connectivity index (χ0v) is 12.5. The second-order valence-corrected chi connectivity index (χ2v) is 7.63. The third kappa shape index (κ3) is 4.75. The summed E-state index contributed by atoms with van der Waals surface area (Å²) in [7, 11) is 0.183. The van der Waals surface area contributed by atoms with Gasteiger partial charge in [-0.2, -0.15) is 24.5 Å². The maximum absolute atomic E-state index is 11.9. The summed E-state index contributed by atoms with van der Waals surface area (Å²) in [6, 6.07) is 0. The number of nitrogens with zero attached hydrogens (tertiary/aromatic N) is 1. The smallest absolute Gasteiger partial charge is 0.279 e. The maximum Gasteiger partial charge on any atom is 0.279 e. The van der Waals surface area contributed by atoms with Gasteiger partial charge in [0, 0.05) is 24.9 Å². The molecule has 0 aromatic carbocycles. The van der Waals surface area contributed by atoms with E-state index in [1.165, 1.54) is 4.31 Å². The Morgan fingerprint density at radius 2 is 2.06 bits per heavy atom. The highest BCUT2D eigenvalue weighted by molar-refractivity contribution is 8.00. The lowest BCUT2D eigenvalue weighted by atomic mass is 10.4. The molecule has 1 aliphatic rings. The third-order valence-corrected chi connectivity index (χ3v) is 6.06. The van der Waals surface area contributed by atoms with Gasteiger partial charge in [0.05, 0.1) is 0 Å². The Kier molecular flexibility index (Phi) is 5.72. The van der Waals surface area contributed by atoms with Gasteiger partial charge in [-0.1, -0.05) is 0 Å². The predicted molar refractivity (Wildman–Crippen MR) is 73.6 cm³/mol. The highest BCUT2D eigenvalue weighted by Crippen LogP contribution is 2.46. The van der Waals surface area contributed by atoms with E-state index in [0.717, 1.165) is 25.8 Å². The number of thioether (sulfide) groups is 1. The molecule has 0 aliphatic heterocycles. The molecule has 0 bridgehead atoms. The van der Waals surface area contributed by atoms with Crippen LogP contribution in [-0.2, 0) is 10.2 Å². The number of rotatable bonds is 9. The molecule has 0 unspecified atom stereocenters. The molecule has 0 aromatic rings. The lowest BCUT2D eigenvalue weighted by Gasteiger charge is -2.20. The van der Waals surface area contributed by atoms with E-state index < -0.39 is 10.2 Å². The van der Waals surface area contributed by atoms with Gasteiger partial charge in [0.15, 0.2) is 0 Å². The van der Waals surface area contributed by atoms with Crippen molar-refractivity contribution < 1.29 is 8.42 Å². The van der Waals surface area contributed by atoms with Gasteiger partial charge in [-0.3, -0.25) is 0 Å². The van der Waals surface area contributed by atoms with Crippen molar-refractivity contribution in [2.75, 3.05) is 40.0 Å². The van der Waals surface area contributed by atoms with Crippen molar-refractivity contribution in [3.05, 3.63) is 0 Å². The van der Waals surface area contributed by atoms with E-state index in [1.54, 1.807) is 18.8 Å². The van der Waals surface area contributed by atoms with E-state index in [4.69, 9.17) is 0 Å². The number of nitrogens with one attached hydrogen (secondary N) is 2. The average molecular weight is 281 g/mol. The van der Waals surface area contributed by atoms with Gasteiger partial charge in [0.1, 0.15) is 0 Å². The second kappa shape index (κ2) is 6.38. The molecule has 0 saturated heterocycles. The molecule has 0 aromatic heterocycles. The van der Waals surface area contributed by atoms with E-state index >= 15 is 0 Å². The van der Waals surface area contributed by atoms with Crippen LogP contribution in [0.15, 0.2) is 0 Å². The molecule has 5 nitrogen and oxygen atoms in total. The summed E-state index contributed by atoms with van der Waals surface area (Å²) in [6.45, 7) is 1.92. The fourth-order valence-electron chi connectivity index (χ4n) is 1.52. The summed E-state index contributed by atoms with van der Waals surface area (Å²) < 4.78 is 28.1. The quantitative estimate of drug-likeness (QED) is 0.595. The largest absolute Gasteiger partial charge is 0.320 e. The molecule has 0 heterocycles. The number of hydrogen-bond acceptors (Lipinski definition) is 4. The fourth-order valence-corrected chi connectivity index (χ4v) is 3.39. The van der Waals surface area contributed by atoms with E-state index in [1.807, 2.05) is 13.3 Å². The molecular formula is C10H23N3O2S2. The van der Waals surface area contributed by atoms with E-state index in [2.05, 4.69) is 10.0 Å². The molecule has 1 fully saturated rings. The van der Waals surface area contributed by atoms with Gasteiger partial charge in [-0.25, -0.2) is 4.72 Å². The van der Waals surface area contributed by atoms with Gasteiger partial charge in [-0.15, -0.1) is 0 Å². The molecule has 1 rings (SSSR count). The van der Waals surface area contributed by atoms with Gasteiger partial charge in [0.2, 0.25) is 0 Å². The zero-order chi connectivity index (χ0) is 12.9. The van der Waals surface area contributed by atoms with Crippen LogP contribution < -0.4 is 10.0 Å². The van der Waals surface area contributed by atoms with Crippen LogP contribution in [0.2, 0.25) is 0 Å². The van der Waals surface area contributed by atoms with Crippen LogP contribution in [0.3, 0.4) is 0 Å². The van der Waals surface area contributed by atoms with Crippen molar-refractivity contribution in [1.82, 2.24) is 14.3 Å². The molecule has 7 heteroatoms. The van der Waals surface area contributed by atoms with Crippen molar-refractivity contribution in [2.24, 2.45) is 0 Å². The summed E-state index contributed by atoms with van der Waals surface area (Å²) in [5.41, 5.74) is 0. The maximum atomic E-state index is 11.9. The first-order chi connectivity index (χ1) is 7.96. The van der Waals surface area contributed by atoms with Gasteiger partial charge >= 0.3 is 0 Å². The summed E-state index contributed by atoms with van der Waals surface area (Å²) in [5.74, 6) is 0. The monoisotopic (exact) mass is 281 g/mol. The van der Waals surface area contributed by atoms with Crippen molar-refractivity contribution >= 4 is 22.0 Å². The highest BCUT2D eigenvalue weighted by atomic mass is 32.2. The minimum atomic E-state index is -3.30. The van der Waals surface area contributed by atoms with Gasteiger partial charge in [0.25, 0.3) is 10.2 Å². The standard InChI is InChI=1S/C10H23N3O2S2/c1-11-7-4-8-13(2)17(14,15)12-9-10(16-3)5-6-10/h11-12H,4-9H2,1-3H3. The first-order valence-electron chi connectivity index (χ1n) is 5.86. The van der Waals surface area contributed by atoms with Crippen LogP contribution in [0.4, 0.5) is 0 Å². The molecular weight excluding hydrogens is 258 g/mol. The minimum absolute atomic E-state index is 0.166. The van der Waals surface area contributed by atoms with E-state index in [0.29, 0.717) is 13.1 Å². The Hall–Kier alpha value is 0.180. The molecule has 1 saturated carbocycles. The van der Waals surface area contributed by atoms with Crippen LogP contribution in [0.5, 0.6) is 0 Å². The SMILES string of the molecule is CNCCCN(C)S(=O)(=O)NCC1(SC)CC1. The Balaban J connectivity index is 2.34. The molecule has 0 radical (unpaired) electrons. The molecule has 102 valence electrons. The van der Waals surface area contributed by atoms with Crippen molar-refractivity contribution in [3.8, 4) is 0 Å². The zero-order valence-electron chi connectivity index (χ0n) is 10.8. The molecule has 17 heavy (non-hydrogen) atoms. The Morgan fingerprint density at radius 3 is 2.53 bits per heavy atom. The van der Waals surface area contributed by atoms with Gasteiger partial charge < -0.3 is 5.32 Å². The van der Waals surface area contributed by atoms with Crippen LogP contribution >= 0.6 is 11.8 Å². The van der Waals surface area contributed by atoms with Crippen molar-refractivity contribution in [2.45, 2.75) is 24.0 Å². The summed E-state index contributed by atoms with van der Waals surface area (Å²) in [6.07, 6.45) is 5.08. The fraction of sp³-hybridized carbons (Fsp3) is 1.00. The number of hydrogen-bond donors (Lipinski definition) is 2. The van der Waals surface area contributed by atoms with Crippen LogP contribution in [0.25, 0.3) is 0 Å². The highest BCUT2D eigenvalue weighted by Gasteiger charge is 2.42. The normalized spacial score (nSPS) is 18.6. The molecule has 1 aliphatic carbocycles. The van der Waals surface area contributed by atoms with E-state index in [-0.39, 0.29) is 4.75 Å². The Labute approximate surface area is 109 Å². The average Bonchev–Trinajstić information content (AvgIpc) is 3.07. The second-order valence-electron chi connectivity index (χ2n) is 4.49. The molecule has 2 N–H and O–H groups in total. The third-order valence-electron chi connectivity index (χ3n) is 3.13. The van der Waals surface area contributed by atoms with Crippen molar-refractivity contribution in [1.29, 1.82) is 0 Å². The van der Waals surface area contributed by atoms with Crippen LogP contribution in [0, 0.1) is 0 Å². The van der Waals surface area contributed by atoms with Crippen molar-refractivity contribution in [3.63, 3.8) is 0 Å². The summed E-state index contributed by atoms with van der Waals surface area (Å²) >= 11 is 1.76. The van der Waals surface area contributed by atoms with Crippen LogP contribution in [0.1, 0.15) is 19.3 Å². The van der Waals surface area contributed by atoms with E-state index in [9.17, 15) is 8.42 Å². The predicted octanol–water partition coefficient (Wildman–Crippen LogP) is 0.258. The first-order valence-corrected chi connectivity index (χ1v) is 8.53. The lowest BCUT2D eigenvalue weighted by molar-refractivity contribution is 0.447. The summed E-state index contributed by atoms with van der Waals surface area (Å²) in [5, 5.41) is 3.00. The molecule has 0 spiro atoms. The summed E-state index contributed by atoms with van der Waals surface area (Å²) in [4.78, 5) is 0. The lowest BCUT2D eigenvalue weighted by Crippen LogP contribution is -2.42. The molecule has 0 atom stereocenters. The Morgan fingerprint density at radius 1 is 1.41 bits per heavy atom. The Bertz CT molecular complexity index is 328. The minimum Gasteiger partial charge on any atom is -0.320 e. The van der Waals surface area contributed by atoms with Gasteiger partial charge in [-0.05, 0) is 39.1 Å². The first kappa shape index (κ1) is 15.2. The van der Waals surface area contributed by atoms with Crippen LogP contribution in [-0.4, -0.2) is 57.5 Å². The topological polar surface area (TPSA) is 61.4 Å².